The molecule has 0 amide bonds. The smallest absolute Gasteiger partial charge is 0.0767 e. The highest BCUT2D eigenvalue weighted by atomic mass is 16.3. The summed E-state index contributed by atoms with van der Waals surface area (Å²) < 4.78 is 0. The van der Waals surface area contributed by atoms with E-state index in [-0.39, 0.29) is 0 Å². The van der Waals surface area contributed by atoms with Crippen molar-refractivity contribution in [1.82, 2.24) is 4.90 Å². The van der Waals surface area contributed by atoms with Crippen molar-refractivity contribution in [3.05, 3.63) is 0 Å². The number of likely N-dealkylation sites (tertiary alicyclic amines) is 1. The fourth-order valence-electron chi connectivity index (χ4n) is 2.44. The fraction of sp³-hybridized carbons (Fsp3) is 1.00. The third-order valence-electron chi connectivity index (χ3n) is 4.36. The van der Waals surface area contributed by atoms with Gasteiger partial charge >= 0.3 is 0 Å². The van der Waals surface area contributed by atoms with Crippen LogP contribution in [0.15, 0.2) is 0 Å². The summed E-state index contributed by atoms with van der Waals surface area (Å²) in [7, 11) is 0. The zero-order chi connectivity index (χ0) is 12.9. The molecule has 1 atom stereocenters. The van der Waals surface area contributed by atoms with Crippen LogP contribution in [0.3, 0.4) is 0 Å². The van der Waals surface area contributed by atoms with Crippen LogP contribution in [0.25, 0.3) is 0 Å². The molecular weight excluding hydrogens is 212 g/mol. The monoisotopic (exact) mass is 242 g/mol. The molecule has 3 heteroatoms. The van der Waals surface area contributed by atoms with Crippen molar-refractivity contribution in [3.8, 4) is 0 Å². The predicted octanol–water partition coefficient (Wildman–Crippen LogP) is 1.99. The number of hydrogen-bond acceptors (Lipinski definition) is 3. The van der Waals surface area contributed by atoms with Crippen molar-refractivity contribution in [3.63, 3.8) is 0 Å². The van der Waals surface area contributed by atoms with Crippen molar-refractivity contribution in [2.24, 2.45) is 11.1 Å². The zero-order valence-electron chi connectivity index (χ0n) is 11.8. The third kappa shape index (κ3) is 4.94. The Kier molecular flexibility index (Phi) is 5.42. The molecular formula is C14H30N2O. The zero-order valence-corrected chi connectivity index (χ0v) is 11.8. The molecule has 0 aromatic heterocycles. The van der Waals surface area contributed by atoms with Crippen LogP contribution < -0.4 is 5.73 Å². The Morgan fingerprint density at radius 1 is 1.29 bits per heavy atom. The highest BCUT2D eigenvalue weighted by molar-refractivity contribution is 4.81. The van der Waals surface area contributed by atoms with Gasteiger partial charge in [0.2, 0.25) is 0 Å². The van der Waals surface area contributed by atoms with Crippen molar-refractivity contribution < 1.29 is 5.11 Å². The van der Waals surface area contributed by atoms with E-state index in [1.165, 1.54) is 25.9 Å². The molecule has 0 bridgehead atoms. The summed E-state index contributed by atoms with van der Waals surface area (Å²) in [6.45, 7) is 10.6. The average Bonchev–Trinajstić information content (AvgIpc) is 2.31. The molecule has 0 aliphatic carbocycles. The summed E-state index contributed by atoms with van der Waals surface area (Å²) in [5, 5.41) is 10.1. The minimum Gasteiger partial charge on any atom is -0.389 e. The van der Waals surface area contributed by atoms with Crippen molar-refractivity contribution in [2.75, 3.05) is 26.2 Å². The molecule has 0 aromatic rings. The summed E-state index contributed by atoms with van der Waals surface area (Å²) in [5.41, 5.74) is 5.50. The molecule has 1 aliphatic rings. The van der Waals surface area contributed by atoms with E-state index in [9.17, 15) is 5.11 Å². The summed E-state index contributed by atoms with van der Waals surface area (Å²) in [5.74, 6) is 0. The first-order valence-electron chi connectivity index (χ1n) is 7.06. The molecule has 102 valence electrons. The standard InChI is InChI=1S/C14H30N2O/c1-4-14(17,12-15)6-5-9-16-10-7-13(2,3)8-11-16/h17H,4-12,15H2,1-3H3. The molecule has 3 N–H and O–H groups in total. The van der Waals surface area contributed by atoms with Gasteiger partial charge in [-0.05, 0) is 57.2 Å². The van der Waals surface area contributed by atoms with Crippen LogP contribution in [0.5, 0.6) is 0 Å². The number of piperidine rings is 1. The molecule has 1 aliphatic heterocycles. The van der Waals surface area contributed by atoms with Gasteiger partial charge in [0.05, 0.1) is 5.60 Å². The van der Waals surface area contributed by atoms with Gasteiger partial charge in [-0.3, -0.25) is 0 Å². The van der Waals surface area contributed by atoms with Gasteiger partial charge in [-0.1, -0.05) is 20.8 Å². The molecule has 1 saturated heterocycles. The van der Waals surface area contributed by atoms with Gasteiger partial charge in [0.25, 0.3) is 0 Å². The maximum atomic E-state index is 10.1. The number of hydrogen-bond donors (Lipinski definition) is 2. The third-order valence-corrected chi connectivity index (χ3v) is 4.36. The normalized spacial score (nSPS) is 24.5. The van der Waals surface area contributed by atoms with Gasteiger partial charge < -0.3 is 15.7 Å². The Bertz CT molecular complexity index is 214. The van der Waals surface area contributed by atoms with Gasteiger partial charge in [-0.2, -0.15) is 0 Å². The van der Waals surface area contributed by atoms with Crippen LogP contribution in [0.2, 0.25) is 0 Å². The SMILES string of the molecule is CCC(O)(CN)CCCN1CCC(C)(C)CC1. The molecule has 0 radical (unpaired) electrons. The van der Waals surface area contributed by atoms with Crippen molar-refractivity contribution in [2.45, 2.75) is 58.5 Å². The van der Waals surface area contributed by atoms with E-state index in [1.54, 1.807) is 0 Å². The lowest BCUT2D eigenvalue weighted by Gasteiger charge is -2.37. The predicted molar refractivity (Wildman–Crippen MR) is 73.0 cm³/mol. The lowest BCUT2D eigenvalue weighted by molar-refractivity contribution is 0.0293. The average molecular weight is 242 g/mol. The summed E-state index contributed by atoms with van der Waals surface area (Å²) in [6, 6.07) is 0. The Hall–Kier alpha value is -0.120. The first-order chi connectivity index (χ1) is 7.91. The molecule has 1 unspecified atom stereocenters. The van der Waals surface area contributed by atoms with E-state index in [1.807, 2.05) is 6.92 Å². The van der Waals surface area contributed by atoms with E-state index in [4.69, 9.17) is 5.73 Å². The summed E-state index contributed by atoms with van der Waals surface area (Å²) in [4.78, 5) is 2.53. The first kappa shape index (κ1) is 14.9. The Morgan fingerprint density at radius 2 is 1.88 bits per heavy atom. The van der Waals surface area contributed by atoms with E-state index in [0.29, 0.717) is 12.0 Å². The van der Waals surface area contributed by atoms with Gasteiger partial charge in [0.15, 0.2) is 0 Å². The molecule has 1 fully saturated rings. The van der Waals surface area contributed by atoms with Crippen molar-refractivity contribution >= 4 is 0 Å². The van der Waals surface area contributed by atoms with E-state index < -0.39 is 5.60 Å². The van der Waals surface area contributed by atoms with E-state index in [2.05, 4.69) is 18.7 Å². The first-order valence-corrected chi connectivity index (χ1v) is 7.06. The molecule has 1 heterocycles. The van der Waals surface area contributed by atoms with Gasteiger partial charge in [0.1, 0.15) is 0 Å². The van der Waals surface area contributed by atoms with Crippen LogP contribution in [-0.2, 0) is 0 Å². The lowest BCUT2D eigenvalue weighted by Crippen LogP contribution is -2.40. The number of nitrogens with zero attached hydrogens (tertiary/aromatic N) is 1. The Labute approximate surface area is 106 Å². The summed E-state index contributed by atoms with van der Waals surface area (Å²) in [6.07, 6.45) is 5.24. The number of nitrogens with two attached hydrogens (primary N) is 1. The largest absolute Gasteiger partial charge is 0.389 e. The highest BCUT2D eigenvalue weighted by Gasteiger charge is 2.26. The van der Waals surface area contributed by atoms with Crippen LogP contribution in [-0.4, -0.2) is 41.8 Å². The highest BCUT2D eigenvalue weighted by Crippen LogP contribution is 2.29. The summed E-state index contributed by atoms with van der Waals surface area (Å²) >= 11 is 0. The molecule has 0 spiro atoms. The maximum Gasteiger partial charge on any atom is 0.0767 e. The second-order valence-electron chi connectivity index (χ2n) is 6.39. The Morgan fingerprint density at radius 3 is 2.35 bits per heavy atom. The van der Waals surface area contributed by atoms with Gasteiger partial charge in [-0.15, -0.1) is 0 Å². The van der Waals surface area contributed by atoms with Crippen LogP contribution in [0, 0.1) is 5.41 Å². The molecule has 17 heavy (non-hydrogen) atoms. The van der Waals surface area contributed by atoms with Crippen LogP contribution in [0.4, 0.5) is 0 Å². The van der Waals surface area contributed by atoms with Gasteiger partial charge in [-0.25, -0.2) is 0 Å². The second-order valence-corrected chi connectivity index (χ2v) is 6.39. The lowest BCUT2D eigenvalue weighted by atomic mass is 9.82. The molecule has 0 aromatic carbocycles. The van der Waals surface area contributed by atoms with Crippen molar-refractivity contribution in [1.29, 1.82) is 0 Å². The quantitative estimate of drug-likeness (QED) is 0.749. The fourth-order valence-corrected chi connectivity index (χ4v) is 2.44. The second kappa shape index (κ2) is 6.17. The molecule has 1 rings (SSSR count). The van der Waals surface area contributed by atoms with Crippen LogP contribution >= 0.6 is 0 Å². The molecule has 3 nitrogen and oxygen atoms in total. The maximum absolute atomic E-state index is 10.1. The molecule has 0 saturated carbocycles. The van der Waals surface area contributed by atoms with Gasteiger partial charge in [0, 0.05) is 6.54 Å². The van der Waals surface area contributed by atoms with E-state index >= 15 is 0 Å². The minimum atomic E-state index is -0.630. The number of rotatable bonds is 6. The Balaban J connectivity index is 2.20. The van der Waals surface area contributed by atoms with Crippen LogP contribution in [0.1, 0.15) is 52.9 Å². The topological polar surface area (TPSA) is 49.5 Å². The van der Waals surface area contributed by atoms with E-state index in [0.717, 1.165) is 25.8 Å². The number of aliphatic hydroxyl groups is 1. The minimum absolute atomic E-state index is 0.385.